The van der Waals surface area contributed by atoms with E-state index in [-0.39, 0.29) is 11.8 Å². The van der Waals surface area contributed by atoms with Crippen molar-refractivity contribution in [2.45, 2.75) is 26.7 Å². The van der Waals surface area contributed by atoms with Crippen LogP contribution in [0.5, 0.6) is 0 Å². The lowest BCUT2D eigenvalue weighted by molar-refractivity contribution is -0.117. The van der Waals surface area contributed by atoms with Crippen molar-refractivity contribution in [2.24, 2.45) is 13.0 Å². The molecule has 0 saturated heterocycles. The smallest absolute Gasteiger partial charge is 0.228 e. The largest absolute Gasteiger partial charge is 0.332 e. The highest BCUT2D eigenvalue weighted by Gasteiger charge is 2.29. The minimum Gasteiger partial charge on any atom is -0.332 e. The summed E-state index contributed by atoms with van der Waals surface area (Å²) in [6, 6.07) is 0. The predicted octanol–water partition coefficient (Wildman–Crippen LogP) is 2.75. The van der Waals surface area contributed by atoms with Gasteiger partial charge >= 0.3 is 0 Å². The van der Waals surface area contributed by atoms with Crippen LogP contribution in [-0.2, 0) is 11.8 Å². The summed E-state index contributed by atoms with van der Waals surface area (Å²) < 4.78 is 1.90. The molecule has 1 N–H and O–H groups in total. The van der Waals surface area contributed by atoms with Gasteiger partial charge < -0.3 is 9.88 Å². The average Bonchev–Trinajstić information content (AvgIpc) is 3.06. The molecule has 0 bridgehead atoms. The highest BCUT2D eigenvalue weighted by molar-refractivity contribution is 5.93. The first-order valence-electron chi connectivity index (χ1n) is 6.22. The van der Waals surface area contributed by atoms with Crippen LogP contribution in [0.4, 0.5) is 5.82 Å². The number of nitrogens with one attached hydrogen (secondary N) is 1. The number of anilines is 1. The van der Waals surface area contributed by atoms with E-state index in [1.54, 1.807) is 0 Å². The Hall–Kier alpha value is -1.84. The molecule has 4 nitrogen and oxygen atoms in total. The van der Waals surface area contributed by atoms with Gasteiger partial charge in [0.15, 0.2) is 5.82 Å². The van der Waals surface area contributed by atoms with Crippen LogP contribution in [0.1, 0.15) is 32.5 Å². The van der Waals surface area contributed by atoms with E-state index in [1.165, 1.54) is 5.57 Å². The molecule has 1 saturated carbocycles. The zero-order valence-electron chi connectivity index (χ0n) is 11.1. The average molecular weight is 245 g/mol. The molecule has 1 fully saturated rings. The minimum absolute atomic E-state index is 0.0907. The van der Waals surface area contributed by atoms with Crippen LogP contribution in [0.2, 0.25) is 0 Å². The maximum absolute atomic E-state index is 11.6. The summed E-state index contributed by atoms with van der Waals surface area (Å²) in [6.45, 7) is 4.09. The van der Waals surface area contributed by atoms with Gasteiger partial charge in [-0.3, -0.25) is 4.79 Å². The molecule has 96 valence electrons. The van der Waals surface area contributed by atoms with Crippen LogP contribution < -0.4 is 5.32 Å². The Bertz CT molecular complexity index is 503. The van der Waals surface area contributed by atoms with E-state index in [2.05, 4.69) is 10.3 Å². The molecule has 1 heterocycles. The Kier molecular flexibility index (Phi) is 3.65. The van der Waals surface area contributed by atoms with Crippen LogP contribution in [-0.4, -0.2) is 15.5 Å². The number of aryl methyl sites for hydroxylation is 1. The van der Waals surface area contributed by atoms with E-state index in [1.807, 2.05) is 49.9 Å². The summed E-state index contributed by atoms with van der Waals surface area (Å²) >= 11 is 0. The number of carbonyl (C=O) groups is 1. The molecule has 1 aliphatic rings. The second kappa shape index (κ2) is 5.21. The molecule has 0 spiro atoms. The highest BCUT2D eigenvalue weighted by atomic mass is 16.2. The van der Waals surface area contributed by atoms with Gasteiger partial charge in [-0.05, 0) is 32.8 Å². The summed E-state index contributed by atoms with van der Waals surface area (Å²) in [5.41, 5.74) is 1.24. The van der Waals surface area contributed by atoms with Crippen LogP contribution >= 0.6 is 0 Å². The molecule has 4 heteroatoms. The lowest BCUT2D eigenvalue weighted by Gasteiger charge is -1.97. The Balaban J connectivity index is 2.04. The fourth-order valence-corrected chi connectivity index (χ4v) is 1.60. The van der Waals surface area contributed by atoms with Crippen molar-refractivity contribution < 1.29 is 4.79 Å². The molecule has 1 aromatic heterocycles. The van der Waals surface area contributed by atoms with E-state index >= 15 is 0 Å². The quantitative estimate of drug-likeness (QED) is 0.829. The zero-order valence-corrected chi connectivity index (χ0v) is 11.1. The van der Waals surface area contributed by atoms with E-state index in [4.69, 9.17) is 0 Å². The monoisotopic (exact) mass is 245 g/mol. The Labute approximate surface area is 107 Å². The maximum Gasteiger partial charge on any atom is 0.228 e. The summed E-state index contributed by atoms with van der Waals surface area (Å²) in [6.07, 6.45) is 9.77. The number of hydrogen-bond acceptors (Lipinski definition) is 2. The SMILES string of the molecule is CC(C)=CC=Cc1nc(NC(=O)C2CC2)cn1C. The second-order valence-electron chi connectivity index (χ2n) is 4.96. The van der Waals surface area contributed by atoms with E-state index < -0.39 is 0 Å². The minimum atomic E-state index is 0.0907. The molecular weight excluding hydrogens is 226 g/mol. The lowest BCUT2D eigenvalue weighted by atomic mass is 10.3. The Morgan fingerprint density at radius 3 is 2.83 bits per heavy atom. The highest BCUT2D eigenvalue weighted by Crippen LogP contribution is 2.30. The van der Waals surface area contributed by atoms with Crippen molar-refractivity contribution >= 4 is 17.8 Å². The van der Waals surface area contributed by atoms with E-state index in [0.29, 0.717) is 5.82 Å². The second-order valence-corrected chi connectivity index (χ2v) is 4.96. The van der Waals surface area contributed by atoms with E-state index in [9.17, 15) is 4.79 Å². The number of aromatic nitrogens is 2. The van der Waals surface area contributed by atoms with Crippen LogP contribution in [0.25, 0.3) is 6.08 Å². The normalized spacial score (nSPS) is 14.8. The number of amides is 1. The molecule has 0 aromatic carbocycles. The number of imidazole rings is 1. The topological polar surface area (TPSA) is 46.9 Å². The van der Waals surface area contributed by atoms with Crippen molar-refractivity contribution in [3.05, 3.63) is 29.7 Å². The number of rotatable bonds is 4. The number of nitrogens with zero attached hydrogens (tertiary/aromatic N) is 2. The molecule has 0 unspecified atom stereocenters. The van der Waals surface area contributed by atoms with Gasteiger partial charge in [0.05, 0.1) is 0 Å². The fraction of sp³-hybridized carbons (Fsp3) is 0.429. The number of carbonyl (C=O) groups excluding carboxylic acids is 1. The van der Waals surface area contributed by atoms with Crippen LogP contribution in [0, 0.1) is 5.92 Å². The Morgan fingerprint density at radius 1 is 1.50 bits per heavy atom. The van der Waals surface area contributed by atoms with Gasteiger partial charge in [-0.25, -0.2) is 4.98 Å². The molecule has 0 aliphatic heterocycles. The summed E-state index contributed by atoms with van der Waals surface area (Å²) in [4.78, 5) is 16.0. The molecule has 18 heavy (non-hydrogen) atoms. The summed E-state index contributed by atoms with van der Waals surface area (Å²) in [5, 5.41) is 2.84. The molecule has 1 aliphatic carbocycles. The molecule has 1 aromatic rings. The first-order valence-corrected chi connectivity index (χ1v) is 6.22. The van der Waals surface area contributed by atoms with Gasteiger partial charge in [-0.2, -0.15) is 0 Å². The molecule has 0 radical (unpaired) electrons. The standard InChI is InChI=1S/C14H19N3O/c1-10(2)5-4-6-13-15-12(9-17(13)3)16-14(18)11-7-8-11/h4-6,9,11H,7-8H2,1-3H3,(H,16,18). The first kappa shape index (κ1) is 12.6. The van der Waals surface area contributed by atoms with Crippen molar-refractivity contribution in [3.8, 4) is 0 Å². The first-order chi connectivity index (χ1) is 8.56. The van der Waals surface area contributed by atoms with Gasteiger partial charge in [0.1, 0.15) is 5.82 Å². The van der Waals surface area contributed by atoms with Crippen LogP contribution in [0.15, 0.2) is 23.9 Å². The van der Waals surface area contributed by atoms with Crippen molar-refractivity contribution in [1.82, 2.24) is 9.55 Å². The van der Waals surface area contributed by atoms with Crippen molar-refractivity contribution in [3.63, 3.8) is 0 Å². The fourth-order valence-electron chi connectivity index (χ4n) is 1.60. The molecule has 0 atom stereocenters. The molecule has 1 amide bonds. The van der Waals surface area contributed by atoms with Gasteiger partial charge in [0.2, 0.25) is 5.91 Å². The predicted molar refractivity (Wildman–Crippen MR) is 73.0 cm³/mol. The lowest BCUT2D eigenvalue weighted by Crippen LogP contribution is -2.13. The third-order valence-corrected chi connectivity index (χ3v) is 2.79. The zero-order chi connectivity index (χ0) is 13.1. The van der Waals surface area contributed by atoms with Crippen molar-refractivity contribution in [1.29, 1.82) is 0 Å². The summed E-state index contributed by atoms with van der Waals surface area (Å²) in [7, 11) is 1.92. The number of allylic oxidation sites excluding steroid dienone is 3. The van der Waals surface area contributed by atoms with Gasteiger partial charge in [0, 0.05) is 19.2 Å². The number of hydrogen-bond donors (Lipinski definition) is 1. The van der Waals surface area contributed by atoms with Gasteiger partial charge in [-0.1, -0.05) is 17.7 Å². The Morgan fingerprint density at radius 2 is 2.22 bits per heavy atom. The van der Waals surface area contributed by atoms with Gasteiger partial charge in [-0.15, -0.1) is 0 Å². The third kappa shape index (κ3) is 3.32. The van der Waals surface area contributed by atoms with Gasteiger partial charge in [0.25, 0.3) is 0 Å². The van der Waals surface area contributed by atoms with E-state index in [0.717, 1.165) is 18.7 Å². The maximum atomic E-state index is 11.6. The molecule has 2 rings (SSSR count). The third-order valence-electron chi connectivity index (χ3n) is 2.79. The van der Waals surface area contributed by atoms with Crippen LogP contribution in [0.3, 0.4) is 0 Å². The summed E-state index contributed by atoms with van der Waals surface area (Å²) in [5.74, 6) is 1.76. The van der Waals surface area contributed by atoms with Crippen molar-refractivity contribution in [2.75, 3.05) is 5.32 Å². The molecular formula is C14H19N3O.